The van der Waals surface area contributed by atoms with Gasteiger partial charge in [0, 0.05) is 12.1 Å². The van der Waals surface area contributed by atoms with Crippen molar-refractivity contribution in [3.05, 3.63) is 62.7 Å². The number of methoxy groups -OCH3 is 1. The van der Waals surface area contributed by atoms with Gasteiger partial charge in [-0.05, 0) is 12.1 Å². The molecule has 0 atom stereocenters. The molecule has 0 aliphatic carbocycles. The number of nitrogens with zero attached hydrogens (tertiary/aromatic N) is 2. The normalized spacial score (nSPS) is 10.7. The van der Waals surface area contributed by atoms with Gasteiger partial charge >= 0.3 is 5.69 Å². The Hall–Kier alpha value is -3.29. The molecule has 116 valence electrons. The van der Waals surface area contributed by atoms with Crippen LogP contribution in [0.4, 0.5) is 10.1 Å². The second-order valence-corrected chi connectivity index (χ2v) is 4.69. The quantitative estimate of drug-likeness (QED) is 0.592. The van der Waals surface area contributed by atoms with Crippen LogP contribution >= 0.6 is 0 Å². The van der Waals surface area contributed by atoms with Gasteiger partial charge in [0.1, 0.15) is 11.6 Å². The second-order valence-electron chi connectivity index (χ2n) is 4.69. The van der Waals surface area contributed by atoms with Gasteiger partial charge in [-0.1, -0.05) is 12.1 Å². The Morgan fingerprint density at radius 2 is 2.04 bits per heavy atom. The molecule has 0 aliphatic heterocycles. The van der Waals surface area contributed by atoms with Crippen molar-refractivity contribution in [1.82, 2.24) is 9.97 Å². The van der Waals surface area contributed by atoms with Gasteiger partial charge < -0.3 is 9.72 Å². The lowest BCUT2D eigenvalue weighted by Crippen LogP contribution is -2.10. The average Bonchev–Trinajstić information content (AvgIpc) is 2.54. The molecule has 3 rings (SSSR count). The number of hydrogen-bond donors (Lipinski definition) is 1. The van der Waals surface area contributed by atoms with E-state index in [1.807, 2.05) is 0 Å². The Bertz CT molecular complexity index is 984. The molecule has 1 aromatic heterocycles. The van der Waals surface area contributed by atoms with E-state index in [4.69, 9.17) is 4.74 Å². The summed E-state index contributed by atoms with van der Waals surface area (Å²) in [6, 6.07) is 8.43. The van der Waals surface area contributed by atoms with Crippen LogP contribution in [-0.4, -0.2) is 22.0 Å². The maximum absolute atomic E-state index is 14.2. The van der Waals surface area contributed by atoms with Crippen LogP contribution in [0.2, 0.25) is 0 Å². The predicted octanol–water partition coefficient (Wildman–Crippen LogP) is 2.65. The van der Waals surface area contributed by atoms with E-state index in [0.29, 0.717) is 10.9 Å². The molecule has 0 unspecified atom stereocenters. The molecule has 0 saturated carbocycles. The second kappa shape index (κ2) is 5.48. The Morgan fingerprint density at radius 1 is 1.30 bits per heavy atom. The van der Waals surface area contributed by atoms with Crippen molar-refractivity contribution in [3.63, 3.8) is 0 Å². The number of rotatable bonds is 3. The maximum atomic E-state index is 14.2. The van der Waals surface area contributed by atoms with E-state index in [2.05, 4.69) is 9.97 Å². The zero-order valence-corrected chi connectivity index (χ0v) is 11.9. The average molecular weight is 315 g/mol. The smallest absolute Gasteiger partial charge is 0.311 e. The molecule has 3 aromatic rings. The van der Waals surface area contributed by atoms with Crippen molar-refractivity contribution in [3.8, 4) is 17.1 Å². The molecule has 0 spiro atoms. The van der Waals surface area contributed by atoms with Crippen LogP contribution in [-0.2, 0) is 0 Å². The molecular formula is C15H10FN3O4. The Balaban J connectivity index is 2.28. The van der Waals surface area contributed by atoms with E-state index >= 15 is 0 Å². The zero-order chi connectivity index (χ0) is 16.6. The summed E-state index contributed by atoms with van der Waals surface area (Å²) in [5, 5.41) is 11.4. The van der Waals surface area contributed by atoms with Crippen molar-refractivity contribution in [1.29, 1.82) is 0 Å². The van der Waals surface area contributed by atoms with Gasteiger partial charge in [0.05, 0.1) is 28.5 Å². The molecule has 1 heterocycles. The van der Waals surface area contributed by atoms with Crippen LogP contribution in [0.15, 0.2) is 41.2 Å². The maximum Gasteiger partial charge on any atom is 0.311 e. The molecule has 0 bridgehead atoms. The number of hydrogen-bond acceptors (Lipinski definition) is 5. The summed E-state index contributed by atoms with van der Waals surface area (Å²) in [5.41, 5.74) is -0.687. The molecule has 8 heteroatoms. The van der Waals surface area contributed by atoms with Crippen LogP contribution < -0.4 is 10.3 Å². The molecule has 0 fully saturated rings. The first-order valence-electron chi connectivity index (χ1n) is 6.52. The molecule has 7 nitrogen and oxygen atoms in total. The van der Waals surface area contributed by atoms with E-state index in [1.165, 1.54) is 7.11 Å². The first-order chi connectivity index (χ1) is 11.0. The van der Waals surface area contributed by atoms with Gasteiger partial charge in [0.2, 0.25) is 0 Å². The Labute approximate surface area is 128 Å². The van der Waals surface area contributed by atoms with Gasteiger partial charge in [-0.2, -0.15) is 0 Å². The lowest BCUT2D eigenvalue weighted by Gasteiger charge is -2.07. The first kappa shape index (κ1) is 14.6. The highest BCUT2D eigenvalue weighted by molar-refractivity contribution is 5.79. The van der Waals surface area contributed by atoms with Crippen molar-refractivity contribution < 1.29 is 14.1 Å². The van der Waals surface area contributed by atoms with E-state index in [1.54, 1.807) is 24.3 Å². The van der Waals surface area contributed by atoms with Gasteiger partial charge in [0.15, 0.2) is 5.75 Å². The van der Waals surface area contributed by atoms with E-state index in [0.717, 1.165) is 12.1 Å². The summed E-state index contributed by atoms with van der Waals surface area (Å²) < 4.78 is 19.0. The van der Waals surface area contributed by atoms with Gasteiger partial charge in [0.25, 0.3) is 5.56 Å². The molecule has 0 radical (unpaired) electrons. The topological polar surface area (TPSA) is 98.1 Å². The summed E-state index contributed by atoms with van der Waals surface area (Å²) in [7, 11) is 1.21. The first-order valence-corrected chi connectivity index (χ1v) is 6.52. The molecule has 2 aromatic carbocycles. The molecular weight excluding hydrogens is 305 g/mol. The van der Waals surface area contributed by atoms with Gasteiger partial charge in [-0.15, -0.1) is 0 Å². The Kier molecular flexibility index (Phi) is 3.49. The van der Waals surface area contributed by atoms with E-state index in [-0.39, 0.29) is 17.1 Å². The van der Waals surface area contributed by atoms with Crippen LogP contribution in [0.1, 0.15) is 0 Å². The van der Waals surface area contributed by atoms with Crippen LogP contribution in [0.25, 0.3) is 22.3 Å². The summed E-state index contributed by atoms with van der Waals surface area (Å²) in [4.78, 5) is 29.0. The third kappa shape index (κ3) is 2.50. The minimum Gasteiger partial charge on any atom is -0.490 e. The fraction of sp³-hybridized carbons (Fsp3) is 0.0667. The third-order valence-corrected chi connectivity index (χ3v) is 3.33. The SMILES string of the molecule is COc1cc(F)c(-c2nc3ccccc3c(=O)[nH]2)cc1[N+](=O)[O-]. The molecule has 0 amide bonds. The number of nitrogens with one attached hydrogen (secondary N) is 1. The summed E-state index contributed by atoms with van der Waals surface area (Å²) in [6.45, 7) is 0. The van der Waals surface area contributed by atoms with Crippen molar-refractivity contribution in [2.45, 2.75) is 0 Å². The van der Waals surface area contributed by atoms with E-state index in [9.17, 15) is 19.3 Å². The molecule has 23 heavy (non-hydrogen) atoms. The van der Waals surface area contributed by atoms with Crippen LogP contribution in [0.5, 0.6) is 5.75 Å². The lowest BCUT2D eigenvalue weighted by molar-refractivity contribution is -0.385. The Morgan fingerprint density at radius 3 is 2.74 bits per heavy atom. The lowest BCUT2D eigenvalue weighted by atomic mass is 10.1. The van der Waals surface area contributed by atoms with Crippen LogP contribution in [0, 0.1) is 15.9 Å². The largest absolute Gasteiger partial charge is 0.490 e. The number of nitro benzene ring substituents is 1. The number of H-pyrrole nitrogens is 1. The summed E-state index contributed by atoms with van der Waals surface area (Å²) >= 11 is 0. The predicted molar refractivity (Wildman–Crippen MR) is 81.0 cm³/mol. The highest BCUT2D eigenvalue weighted by Gasteiger charge is 2.21. The molecule has 0 aliphatic rings. The molecule has 1 N–H and O–H groups in total. The highest BCUT2D eigenvalue weighted by Crippen LogP contribution is 2.33. The van der Waals surface area contributed by atoms with Crippen molar-refractivity contribution in [2.75, 3.05) is 7.11 Å². The number of nitro groups is 1. The number of benzene rings is 2. The number of ether oxygens (including phenoxy) is 1. The van der Waals surface area contributed by atoms with Gasteiger partial charge in [-0.3, -0.25) is 14.9 Å². The minimum absolute atomic E-state index is 0.0862. The van der Waals surface area contributed by atoms with Crippen molar-refractivity contribution >= 4 is 16.6 Å². The number of aromatic amines is 1. The van der Waals surface area contributed by atoms with Crippen molar-refractivity contribution in [2.24, 2.45) is 0 Å². The zero-order valence-electron chi connectivity index (χ0n) is 11.9. The summed E-state index contributed by atoms with van der Waals surface area (Å²) in [6.07, 6.45) is 0. The highest BCUT2D eigenvalue weighted by atomic mass is 19.1. The minimum atomic E-state index is -0.786. The monoisotopic (exact) mass is 315 g/mol. The fourth-order valence-electron chi connectivity index (χ4n) is 2.25. The number of fused-ring (bicyclic) bond motifs is 1. The summed E-state index contributed by atoms with van der Waals surface area (Å²) in [5.74, 6) is -1.08. The van der Waals surface area contributed by atoms with Gasteiger partial charge in [-0.25, -0.2) is 9.37 Å². The fourth-order valence-corrected chi connectivity index (χ4v) is 2.25. The number of para-hydroxylation sites is 1. The third-order valence-electron chi connectivity index (χ3n) is 3.33. The number of halogens is 1. The number of aromatic nitrogens is 2. The molecule has 0 saturated heterocycles. The van der Waals surface area contributed by atoms with E-state index < -0.39 is 22.0 Å². The van der Waals surface area contributed by atoms with Crippen LogP contribution in [0.3, 0.4) is 0 Å². The standard InChI is InChI=1S/C15H10FN3O4/c1-23-13-7-10(16)9(6-12(13)19(21)22)14-17-11-5-3-2-4-8(11)15(20)18-14/h2-7H,1H3,(H,17,18,20).